The Morgan fingerprint density at radius 2 is 1.55 bits per heavy atom. The van der Waals surface area contributed by atoms with Gasteiger partial charge in [-0.05, 0) is 79.9 Å². The van der Waals surface area contributed by atoms with Crippen molar-refractivity contribution in [3.05, 3.63) is 97.8 Å². The average molecular weight is 508 g/mol. The fraction of sp³-hybridized carbons (Fsp3) is 0.167. The van der Waals surface area contributed by atoms with Gasteiger partial charge in [-0.3, -0.25) is 4.79 Å². The smallest absolute Gasteiger partial charge is 0.247 e. The number of para-hydroxylation sites is 1. The van der Waals surface area contributed by atoms with Crippen molar-refractivity contribution in [3.8, 4) is 23.1 Å². The molecular weight excluding hydrogens is 478 g/mol. The highest BCUT2D eigenvalue weighted by molar-refractivity contribution is 6.01. The maximum atomic E-state index is 12.1. The Bertz CT molecular complexity index is 1390. The number of amides is 1. The number of anilines is 4. The highest BCUT2D eigenvalue weighted by Gasteiger charge is 2.16. The van der Waals surface area contributed by atoms with Crippen molar-refractivity contribution in [1.29, 1.82) is 0 Å². The number of carbonyl (C=O) groups excluding carboxylic acids is 1. The van der Waals surface area contributed by atoms with Crippen molar-refractivity contribution in [2.75, 3.05) is 28.6 Å². The lowest BCUT2D eigenvalue weighted by Crippen LogP contribution is -2.30. The summed E-state index contributed by atoms with van der Waals surface area (Å²) in [6.07, 6.45) is 6.22. The van der Waals surface area contributed by atoms with E-state index in [1.807, 2.05) is 72.8 Å². The van der Waals surface area contributed by atoms with E-state index in [0.717, 1.165) is 48.7 Å². The number of benzene rings is 3. The van der Waals surface area contributed by atoms with Gasteiger partial charge in [0, 0.05) is 24.8 Å². The molecule has 38 heavy (non-hydrogen) atoms. The van der Waals surface area contributed by atoms with Crippen molar-refractivity contribution >= 4 is 28.8 Å². The summed E-state index contributed by atoms with van der Waals surface area (Å²) in [5.74, 6) is 2.80. The second kappa shape index (κ2) is 11.9. The number of piperidine rings is 1. The van der Waals surface area contributed by atoms with Gasteiger partial charge in [0.15, 0.2) is 0 Å². The second-order valence-electron chi connectivity index (χ2n) is 8.83. The molecule has 0 aliphatic carbocycles. The van der Waals surface area contributed by atoms with Crippen LogP contribution in [0.15, 0.2) is 97.8 Å². The molecule has 1 aliphatic rings. The van der Waals surface area contributed by atoms with Gasteiger partial charge in [0.25, 0.3) is 0 Å². The van der Waals surface area contributed by atoms with E-state index < -0.39 is 0 Å². The Morgan fingerprint density at radius 3 is 2.29 bits per heavy atom. The summed E-state index contributed by atoms with van der Waals surface area (Å²) in [5, 5.41) is 6.22. The van der Waals surface area contributed by atoms with Gasteiger partial charge in [-0.15, -0.1) is 0 Å². The van der Waals surface area contributed by atoms with E-state index in [1.165, 1.54) is 18.8 Å². The fourth-order valence-electron chi connectivity index (χ4n) is 4.24. The van der Waals surface area contributed by atoms with Crippen LogP contribution in [0.4, 0.5) is 22.9 Å². The number of rotatable bonds is 9. The highest BCUT2D eigenvalue weighted by atomic mass is 16.5. The summed E-state index contributed by atoms with van der Waals surface area (Å²) >= 11 is 0. The van der Waals surface area contributed by atoms with Crippen LogP contribution in [0.5, 0.6) is 23.1 Å². The molecule has 4 aromatic rings. The number of hydrogen-bond acceptors (Lipinski definition) is 7. The molecule has 2 heterocycles. The Morgan fingerprint density at radius 1 is 0.842 bits per heavy atom. The van der Waals surface area contributed by atoms with Gasteiger partial charge in [-0.1, -0.05) is 24.8 Å². The van der Waals surface area contributed by atoms with Crippen molar-refractivity contribution in [1.82, 2.24) is 9.97 Å². The molecule has 0 saturated carbocycles. The molecule has 1 fully saturated rings. The lowest BCUT2D eigenvalue weighted by atomic mass is 10.1. The standard InChI is InChI=1S/C30H29N5O3/c1-2-29(36)34-26-19-22(11-16-27(26)35-17-7-4-8-18-35)33-28-20-30(32-21-31-28)38-25-14-12-24(13-15-25)37-23-9-5-3-6-10-23/h2-3,5-6,9-16,19-21H,1,4,7-8,17-18H2,(H,34,36)(H,31,32,33). The van der Waals surface area contributed by atoms with E-state index in [-0.39, 0.29) is 5.91 Å². The molecule has 0 radical (unpaired) electrons. The zero-order valence-corrected chi connectivity index (χ0v) is 21.0. The number of hydrogen-bond donors (Lipinski definition) is 2. The maximum Gasteiger partial charge on any atom is 0.247 e. The van der Waals surface area contributed by atoms with E-state index in [4.69, 9.17) is 9.47 Å². The van der Waals surface area contributed by atoms with Gasteiger partial charge in [-0.2, -0.15) is 0 Å². The number of nitrogens with zero attached hydrogens (tertiary/aromatic N) is 3. The molecule has 1 aromatic heterocycles. The van der Waals surface area contributed by atoms with Crippen LogP contribution >= 0.6 is 0 Å². The Hall–Kier alpha value is -4.85. The molecule has 8 nitrogen and oxygen atoms in total. The third kappa shape index (κ3) is 6.47. The van der Waals surface area contributed by atoms with Gasteiger partial charge in [-0.25, -0.2) is 9.97 Å². The number of nitrogens with one attached hydrogen (secondary N) is 2. The van der Waals surface area contributed by atoms with Crippen molar-refractivity contribution < 1.29 is 14.3 Å². The van der Waals surface area contributed by atoms with Crippen LogP contribution in [0.1, 0.15) is 19.3 Å². The van der Waals surface area contributed by atoms with Crippen LogP contribution in [0.2, 0.25) is 0 Å². The third-order valence-electron chi connectivity index (χ3n) is 6.08. The van der Waals surface area contributed by atoms with Gasteiger partial charge in [0.1, 0.15) is 29.4 Å². The van der Waals surface area contributed by atoms with Crippen molar-refractivity contribution in [2.45, 2.75) is 19.3 Å². The normalized spacial score (nSPS) is 12.9. The number of carbonyl (C=O) groups is 1. The molecular formula is C30H29N5O3. The van der Waals surface area contributed by atoms with E-state index in [9.17, 15) is 4.79 Å². The molecule has 3 aromatic carbocycles. The van der Waals surface area contributed by atoms with Crippen LogP contribution in [0.3, 0.4) is 0 Å². The highest BCUT2D eigenvalue weighted by Crippen LogP contribution is 2.33. The van der Waals surface area contributed by atoms with E-state index in [1.54, 1.807) is 6.07 Å². The topological polar surface area (TPSA) is 88.6 Å². The molecule has 1 aliphatic heterocycles. The van der Waals surface area contributed by atoms with Gasteiger partial charge >= 0.3 is 0 Å². The van der Waals surface area contributed by atoms with E-state index >= 15 is 0 Å². The predicted octanol–water partition coefficient (Wildman–Crippen LogP) is 6.92. The summed E-state index contributed by atoms with van der Waals surface area (Å²) in [4.78, 5) is 23.0. The summed E-state index contributed by atoms with van der Waals surface area (Å²) in [6, 6.07) is 24.5. The minimum absolute atomic E-state index is 0.252. The van der Waals surface area contributed by atoms with Gasteiger partial charge < -0.3 is 25.0 Å². The average Bonchev–Trinajstić information content (AvgIpc) is 2.95. The number of aromatic nitrogens is 2. The third-order valence-corrected chi connectivity index (χ3v) is 6.08. The fourth-order valence-corrected chi connectivity index (χ4v) is 4.24. The minimum atomic E-state index is -0.252. The maximum absolute atomic E-state index is 12.1. The SMILES string of the molecule is C=CC(=O)Nc1cc(Nc2cc(Oc3ccc(Oc4ccccc4)cc3)ncn2)ccc1N1CCCCC1. The first-order valence-electron chi connectivity index (χ1n) is 12.6. The summed E-state index contributed by atoms with van der Waals surface area (Å²) in [7, 11) is 0. The predicted molar refractivity (Wildman–Crippen MR) is 150 cm³/mol. The lowest BCUT2D eigenvalue weighted by molar-refractivity contribution is -0.111. The van der Waals surface area contributed by atoms with E-state index in [2.05, 4.69) is 32.1 Å². The molecule has 0 spiro atoms. The van der Waals surface area contributed by atoms with Gasteiger partial charge in [0.05, 0.1) is 11.4 Å². The first-order valence-corrected chi connectivity index (χ1v) is 12.6. The zero-order chi connectivity index (χ0) is 26.2. The minimum Gasteiger partial charge on any atom is -0.457 e. The van der Waals surface area contributed by atoms with Crippen LogP contribution in [-0.2, 0) is 4.79 Å². The first kappa shape index (κ1) is 24.8. The number of ether oxygens (including phenoxy) is 2. The van der Waals surface area contributed by atoms with Crippen LogP contribution in [-0.4, -0.2) is 29.0 Å². The second-order valence-corrected chi connectivity index (χ2v) is 8.83. The molecule has 5 rings (SSSR count). The molecule has 1 saturated heterocycles. The Kier molecular flexibility index (Phi) is 7.79. The summed E-state index contributed by atoms with van der Waals surface area (Å²) in [6.45, 7) is 5.51. The molecule has 0 atom stereocenters. The van der Waals surface area contributed by atoms with Crippen LogP contribution in [0.25, 0.3) is 0 Å². The van der Waals surface area contributed by atoms with E-state index in [0.29, 0.717) is 23.2 Å². The van der Waals surface area contributed by atoms with Gasteiger partial charge in [0.2, 0.25) is 11.8 Å². The molecule has 1 amide bonds. The summed E-state index contributed by atoms with van der Waals surface area (Å²) < 4.78 is 11.8. The van der Waals surface area contributed by atoms with Crippen molar-refractivity contribution in [3.63, 3.8) is 0 Å². The Labute approximate surface area is 222 Å². The molecule has 0 unspecified atom stereocenters. The zero-order valence-electron chi connectivity index (χ0n) is 21.0. The molecule has 192 valence electrons. The van der Waals surface area contributed by atoms with Crippen molar-refractivity contribution in [2.24, 2.45) is 0 Å². The quantitative estimate of drug-likeness (QED) is 0.238. The lowest BCUT2D eigenvalue weighted by Gasteiger charge is -2.30. The molecule has 2 N–H and O–H groups in total. The molecule has 0 bridgehead atoms. The largest absolute Gasteiger partial charge is 0.457 e. The molecule has 8 heteroatoms. The monoisotopic (exact) mass is 507 g/mol. The van der Waals surface area contributed by atoms with Crippen LogP contribution < -0.4 is 25.0 Å². The summed E-state index contributed by atoms with van der Waals surface area (Å²) in [5.41, 5.74) is 2.50. The Balaban J connectivity index is 1.28. The van der Waals surface area contributed by atoms with Crippen LogP contribution in [0, 0.1) is 0 Å². The first-order chi connectivity index (χ1) is 18.7.